The molecule has 1 aliphatic heterocycles. The van der Waals surface area contributed by atoms with Gasteiger partial charge in [-0.05, 0) is 43.3 Å². The Morgan fingerprint density at radius 1 is 1.18 bits per heavy atom. The Bertz CT molecular complexity index is 1430. The van der Waals surface area contributed by atoms with Crippen LogP contribution in [0.2, 0.25) is 0 Å². The largest absolute Gasteiger partial charge is 0.445 e. The molecule has 2 aromatic heterocycles. The van der Waals surface area contributed by atoms with Gasteiger partial charge in [-0.3, -0.25) is 4.57 Å². The van der Waals surface area contributed by atoms with Crippen LogP contribution in [0.4, 0.5) is 13.9 Å². The molecule has 2 aromatic carbocycles. The third-order valence-electron chi connectivity index (χ3n) is 5.49. The van der Waals surface area contributed by atoms with Gasteiger partial charge in [0.25, 0.3) is 0 Å². The van der Waals surface area contributed by atoms with Crippen molar-refractivity contribution in [2.24, 2.45) is 5.92 Å². The molecule has 0 saturated carbocycles. The molecular weight excluding hydrogens is 462 g/mol. The minimum Gasteiger partial charge on any atom is -0.445 e. The van der Waals surface area contributed by atoms with Gasteiger partial charge in [-0.15, -0.1) is 0 Å². The average Bonchev–Trinajstić information content (AvgIpc) is 3.33. The van der Waals surface area contributed by atoms with Crippen molar-refractivity contribution in [1.29, 1.82) is 5.26 Å². The molecule has 0 atom stereocenters. The van der Waals surface area contributed by atoms with Crippen LogP contribution in [0.1, 0.15) is 11.3 Å². The Kier molecular flexibility index (Phi) is 5.59. The summed E-state index contributed by atoms with van der Waals surface area (Å²) in [7, 11) is 0. The third kappa shape index (κ3) is 4.04. The van der Waals surface area contributed by atoms with E-state index in [0.29, 0.717) is 29.6 Å². The Morgan fingerprint density at radius 3 is 2.56 bits per heavy atom. The van der Waals surface area contributed by atoms with Gasteiger partial charge >= 0.3 is 5.69 Å². The Morgan fingerprint density at radius 2 is 1.88 bits per heavy atom. The number of anilines is 1. The molecule has 8 nitrogen and oxygen atoms in total. The third-order valence-corrected chi connectivity index (χ3v) is 6.59. The quantitative estimate of drug-likeness (QED) is 0.416. The van der Waals surface area contributed by atoms with E-state index in [4.69, 9.17) is 10.00 Å². The standard InChI is InChI=1S/C23H18F2N6O2S/c1-14-21(34-22(28-14)29-10-15(9-26)11-29)33-17-7-5-16(6-8-17)31-23(32)30(13-27-31)12-18-19(24)3-2-4-20(18)25/h2-8,13,15H,10-12H2,1H3. The van der Waals surface area contributed by atoms with Crippen LogP contribution in [0.15, 0.2) is 53.6 Å². The summed E-state index contributed by atoms with van der Waals surface area (Å²) in [4.78, 5) is 19.3. The molecule has 0 aliphatic carbocycles. The first-order valence-electron chi connectivity index (χ1n) is 10.4. The fourth-order valence-electron chi connectivity index (χ4n) is 3.55. The molecule has 11 heteroatoms. The molecule has 172 valence electrons. The summed E-state index contributed by atoms with van der Waals surface area (Å²) in [6.45, 7) is 2.93. The number of nitriles is 1. The molecule has 3 heterocycles. The number of aromatic nitrogens is 4. The first-order chi connectivity index (χ1) is 16.4. The van der Waals surface area contributed by atoms with Gasteiger partial charge in [-0.1, -0.05) is 17.4 Å². The number of halogens is 2. The number of nitrogens with zero attached hydrogens (tertiary/aromatic N) is 6. The predicted molar refractivity (Wildman–Crippen MR) is 122 cm³/mol. The zero-order chi connectivity index (χ0) is 23.8. The lowest BCUT2D eigenvalue weighted by atomic mass is 10.0. The average molecular weight is 481 g/mol. The van der Waals surface area contributed by atoms with E-state index in [2.05, 4.69) is 16.2 Å². The predicted octanol–water partition coefficient (Wildman–Crippen LogP) is 3.88. The first kappa shape index (κ1) is 21.8. The Labute approximate surface area is 196 Å². The van der Waals surface area contributed by atoms with E-state index < -0.39 is 17.3 Å². The van der Waals surface area contributed by atoms with Crippen molar-refractivity contribution in [3.8, 4) is 22.6 Å². The fraction of sp³-hybridized carbons (Fsp3) is 0.217. The second kappa shape index (κ2) is 8.72. The van der Waals surface area contributed by atoms with Crippen LogP contribution in [-0.2, 0) is 6.54 Å². The van der Waals surface area contributed by atoms with Crippen LogP contribution < -0.4 is 15.3 Å². The molecule has 5 rings (SSSR count). The number of ether oxygens (including phenoxy) is 1. The minimum absolute atomic E-state index is 0.0405. The van der Waals surface area contributed by atoms with Crippen LogP contribution in [0.5, 0.6) is 10.8 Å². The van der Waals surface area contributed by atoms with E-state index in [1.54, 1.807) is 24.3 Å². The van der Waals surface area contributed by atoms with E-state index in [1.807, 2.05) is 11.8 Å². The van der Waals surface area contributed by atoms with Crippen molar-refractivity contribution in [1.82, 2.24) is 19.3 Å². The lowest BCUT2D eigenvalue weighted by Crippen LogP contribution is -2.45. The van der Waals surface area contributed by atoms with Gasteiger partial charge in [-0.2, -0.15) is 15.0 Å². The smallest absolute Gasteiger partial charge is 0.350 e. The molecule has 1 saturated heterocycles. The van der Waals surface area contributed by atoms with Gasteiger partial charge < -0.3 is 9.64 Å². The van der Waals surface area contributed by atoms with Crippen LogP contribution in [0.3, 0.4) is 0 Å². The molecule has 0 N–H and O–H groups in total. The molecule has 0 radical (unpaired) electrons. The van der Waals surface area contributed by atoms with E-state index >= 15 is 0 Å². The van der Waals surface area contributed by atoms with Gasteiger partial charge in [0.05, 0.1) is 29.9 Å². The van der Waals surface area contributed by atoms with Crippen molar-refractivity contribution >= 4 is 16.5 Å². The summed E-state index contributed by atoms with van der Waals surface area (Å²) in [6.07, 6.45) is 1.24. The highest BCUT2D eigenvalue weighted by atomic mass is 32.1. The lowest BCUT2D eigenvalue weighted by Gasteiger charge is -2.34. The molecule has 0 bridgehead atoms. The van der Waals surface area contributed by atoms with Gasteiger partial charge in [0.1, 0.15) is 23.7 Å². The molecular formula is C23H18F2N6O2S. The summed E-state index contributed by atoms with van der Waals surface area (Å²) < 4.78 is 36.1. The number of benzene rings is 2. The number of aryl methyl sites for hydroxylation is 1. The normalized spacial score (nSPS) is 13.5. The monoisotopic (exact) mass is 480 g/mol. The first-order valence-corrected chi connectivity index (χ1v) is 11.2. The number of hydrogen-bond acceptors (Lipinski definition) is 7. The van der Waals surface area contributed by atoms with E-state index in [1.165, 1.54) is 23.7 Å². The summed E-state index contributed by atoms with van der Waals surface area (Å²) in [5.41, 5.74) is 0.507. The molecule has 4 aromatic rings. The van der Waals surface area contributed by atoms with Crippen LogP contribution in [0.25, 0.3) is 5.69 Å². The Balaban J connectivity index is 1.30. The van der Waals surface area contributed by atoms with Crippen LogP contribution in [-0.4, -0.2) is 32.4 Å². The molecule has 34 heavy (non-hydrogen) atoms. The molecule has 1 fully saturated rings. The summed E-state index contributed by atoms with van der Waals surface area (Å²) in [6, 6.07) is 12.5. The maximum Gasteiger partial charge on any atom is 0.350 e. The van der Waals surface area contributed by atoms with Crippen molar-refractivity contribution in [3.63, 3.8) is 0 Å². The summed E-state index contributed by atoms with van der Waals surface area (Å²) in [5, 5.41) is 14.5. The SMILES string of the molecule is Cc1nc(N2CC(C#N)C2)sc1Oc1ccc(-n2ncn(Cc3c(F)cccc3F)c2=O)cc1. The van der Waals surface area contributed by atoms with Crippen LogP contribution >= 0.6 is 11.3 Å². The fourth-order valence-corrected chi connectivity index (χ4v) is 4.51. The van der Waals surface area contributed by atoms with Crippen molar-refractivity contribution < 1.29 is 13.5 Å². The van der Waals surface area contributed by atoms with Crippen LogP contribution in [0, 0.1) is 35.8 Å². The lowest BCUT2D eigenvalue weighted by molar-refractivity contribution is 0.491. The zero-order valence-electron chi connectivity index (χ0n) is 18.0. The molecule has 1 aliphatic rings. The molecule has 0 amide bonds. The number of rotatable bonds is 6. The second-order valence-corrected chi connectivity index (χ2v) is 8.79. The van der Waals surface area contributed by atoms with E-state index in [-0.39, 0.29) is 18.0 Å². The molecule has 0 unspecified atom stereocenters. The van der Waals surface area contributed by atoms with E-state index in [9.17, 15) is 13.6 Å². The zero-order valence-corrected chi connectivity index (χ0v) is 18.8. The number of hydrogen-bond donors (Lipinski definition) is 0. The highest BCUT2D eigenvalue weighted by molar-refractivity contribution is 7.17. The highest BCUT2D eigenvalue weighted by Gasteiger charge is 2.29. The van der Waals surface area contributed by atoms with Gasteiger partial charge in [0.2, 0.25) is 5.06 Å². The van der Waals surface area contributed by atoms with E-state index in [0.717, 1.165) is 32.2 Å². The molecule has 0 spiro atoms. The maximum absolute atomic E-state index is 13.9. The topological polar surface area (TPSA) is 89.0 Å². The van der Waals surface area contributed by atoms with Crippen molar-refractivity contribution in [3.05, 3.63) is 82.2 Å². The second-order valence-electron chi connectivity index (χ2n) is 7.85. The maximum atomic E-state index is 13.9. The summed E-state index contributed by atoms with van der Waals surface area (Å²) >= 11 is 1.41. The Hall–Kier alpha value is -4.04. The van der Waals surface area contributed by atoms with Gasteiger partial charge in [0, 0.05) is 18.7 Å². The van der Waals surface area contributed by atoms with Crippen molar-refractivity contribution in [2.75, 3.05) is 18.0 Å². The summed E-state index contributed by atoms with van der Waals surface area (Å²) in [5.74, 6) is -0.844. The van der Waals surface area contributed by atoms with Gasteiger partial charge in [0.15, 0.2) is 5.13 Å². The van der Waals surface area contributed by atoms with Crippen molar-refractivity contribution in [2.45, 2.75) is 13.5 Å². The highest BCUT2D eigenvalue weighted by Crippen LogP contribution is 2.38. The number of thiazole rings is 1. The minimum atomic E-state index is -0.721. The van der Waals surface area contributed by atoms with Gasteiger partial charge in [-0.25, -0.2) is 18.6 Å².